The van der Waals surface area contributed by atoms with Gasteiger partial charge in [0.1, 0.15) is 11.6 Å². The third-order valence-corrected chi connectivity index (χ3v) is 3.73. The van der Waals surface area contributed by atoms with Crippen LogP contribution in [0, 0.1) is 11.7 Å². The summed E-state index contributed by atoms with van der Waals surface area (Å²) >= 11 is 0. The Bertz CT molecular complexity index is 781. The zero-order chi connectivity index (χ0) is 19.6. The first-order valence-corrected chi connectivity index (χ1v) is 8.84. The number of halogens is 1. The number of carbonyl (C=O) groups excluding carboxylic acids is 2. The first-order valence-electron chi connectivity index (χ1n) is 8.84. The molecule has 0 aliphatic heterocycles. The van der Waals surface area contributed by atoms with Crippen LogP contribution < -0.4 is 15.4 Å². The van der Waals surface area contributed by atoms with E-state index in [0.29, 0.717) is 23.7 Å². The van der Waals surface area contributed by atoms with Gasteiger partial charge in [-0.3, -0.25) is 9.59 Å². The van der Waals surface area contributed by atoms with Crippen LogP contribution in [0.15, 0.2) is 42.6 Å². The van der Waals surface area contributed by atoms with Gasteiger partial charge < -0.3 is 15.4 Å². The van der Waals surface area contributed by atoms with Crippen molar-refractivity contribution < 1.29 is 18.7 Å². The lowest BCUT2D eigenvalue weighted by Crippen LogP contribution is -2.36. The molecule has 144 valence electrons. The average Bonchev–Trinajstić information content (AvgIpc) is 2.64. The van der Waals surface area contributed by atoms with Gasteiger partial charge >= 0.3 is 0 Å². The number of rotatable bonds is 9. The minimum absolute atomic E-state index is 0.0860. The molecule has 2 N–H and O–H groups in total. The minimum Gasteiger partial charge on any atom is -0.439 e. The van der Waals surface area contributed by atoms with E-state index in [2.05, 4.69) is 15.6 Å². The second kappa shape index (κ2) is 10.3. The lowest BCUT2D eigenvalue weighted by molar-refractivity contribution is -0.126. The first kappa shape index (κ1) is 20.4. The topological polar surface area (TPSA) is 80.3 Å². The number of hydrogen-bond donors (Lipinski definition) is 2. The molecule has 0 saturated heterocycles. The van der Waals surface area contributed by atoms with Gasteiger partial charge in [-0.15, -0.1) is 0 Å². The number of benzene rings is 1. The molecule has 0 fully saturated rings. The molecule has 1 aromatic carbocycles. The number of ether oxygens (including phenoxy) is 1. The summed E-state index contributed by atoms with van der Waals surface area (Å²) in [5.74, 6) is 0.171. The third kappa shape index (κ3) is 7.43. The van der Waals surface area contributed by atoms with Gasteiger partial charge in [-0.05, 0) is 30.5 Å². The molecular weight excluding hydrogens is 349 g/mol. The molecule has 0 bridgehead atoms. The van der Waals surface area contributed by atoms with Crippen LogP contribution in [0.2, 0.25) is 0 Å². The van der Waals surface area contributed by atoms with E-state index >= 15 is 0 Å². The van der Waals surface area contributed by atoms with Gasteiger partial charge in [0.25, 0.3) is 0 Å². The highest BCUT2D eigenvalue weighted by atomic mass is 19.1. The molecule has 6 nitrogen and oxygen atoms in total. The summed E-state index contributed by atoms with van der Waals surface area (Å²) in [4.78, 5) is 27.7. The van der Waals surface area contributed by atoms with Crippen molar-refractivity contribution in [1.29, 1.82) is 0 Å². The molecule has 27 heavy (non-hydrogen) atoms. The van der Waals surface area contributed by atoms with Gasteiger partial charge in [-0.25, -0.2) is 9.37 Å². The van der Waals surface area contributed by atoms with Crippen molar-refractivity contribution in [3.8, 4) is 11.6 Å². The molecule has 2 aromatic rings. The van der Waals surface area contributed by atoms with Gasteiger partial charge in [0.05, 0.1) is 6.54 Å². The molecular formula is C20H24FN3O3. The molecule has 0 aliphatic rings. The SMILES string of the molecule is CC(C)CCC(=O)NCC(=O)NCc1cccnc1Oc1cccc(F)c1. The minimum atomic E-state index is -0.411. The Morgan fingerprint density at radius 1 is 1.15 bits per heavy atom. The van der Waals surface area contributed by atoms with Crippen molar-refractivity contribution in [3.63, 3.8) is 0 Å². The molecule has 0 spiro atoms. The second-order valence-electron chi connectivity index (χ2n) is 6.51. The summed E-state index contributed by atoms with van der Waals surface area (Å²) in [5, 5.41) is 5.30. The lowest BCUT2D eigenvalue weighted by atomic mass is 10.1. The molecule has 1 aromatic heterocycles. The summed E-state index contributed by atoms with van der Waals surface area (Å²) in [7, 11) is 0. The predicted molar refractivity (Wildman–Crippen MR) is 99.6 cm³/mol. The Morgan fingerprint density at radius 3 is 2.70 bits per heavy atom. The fourth-order valence-electron chi connectivity index (χ4n) is 2.24. The van der Waals surface area contributed by atoms with Crippen molar-refractivity contribution in [1.82, 2.24) is 15.6 Å². The van der Waals surface area contributed by atoms with Gasteiger partial charge in [0, 0.05) is 30.8 Å². The maximum atomic E-state index is 13.3. The normalized spacial score (nSPS) is 10.5. The molecule has 0 atom stereocenters. The Morgan fingerprint density at radius 2 is 1.96 bits per heavy atom. The highest BCUT2D eigenvalue weighted by molar-refractivity contribution is 5.84. The van der Waals surface area contributed by atoms with Crippen molar-refractivity contribution in [2.45, 2.75) is 33.2 Å². The van der Waals surface area contributed by atoms with E-state index in [9.17, 15) is 14.0 Å². The molecule has 0 aliphatic carbocycles. The van der Waals surface area contributed by atoms with Crippen LogP contribution in [0.4, 0.5) is 4.39 Å². The maximum absolute atomic E-state index is 13.3. The molecule has 2 rings (SSSR count). The van der Waals surface area contributed by atoms with Crippen LogP contribution >= 0.6 is 0 Å². The van der Waals surface area contributed by atoms with Gasteiger partial charge in [0.15, 0.2) is 0 Å². The number of nitrogens with one attached hydrogen (secondary N) is 2. The van der Waals surface area contributed by atoms with E-state index in [4.69, 9.17) is 4.74 Å². The monoisotopic (exact) mass is 373 g/mol. The predicted octanol–water partition coefficient (Wildman–Crippen LogP) is 3.18. The number of carbonyl (C=O) groups is 2. The van der Waals surface area contributed by atoms with Gasteiger partial charge in [-0.2, -0.15) is 0 Å². The number of amides is 2. The smallest absolute Gasteiger partial charge is 0.239 e. The van der Waals surface area contributed by atoms with E-state index in [0.717, 1.165) is 6.42 Å². The highest BCUT2D eigenvalue weighted by Crippen LogP contribution is 2.23. The summed E-state index contributed by atoms with van der Waals surface area (Å²) in [6.07, 6.45) is 2.73. The van der Waals surface area contributed by atoms with Crippen LogP contribution in [-0.2, 0) is 16.1 Å². The average molecular weight is 373 g/mol. The molecule has 0 unspecified atom stereocenters. The number of nitrogens with zero attached hydrogens (tertiary/aromatic N) is 1. The van der Waals surface area contributed by atoms with Gasteiger partial charge in [0.2, 0.25) is 17.7 Å². The maximum Gasteiger partial charge on any atom is 0.239 e. The standard InChI is InChI=1S/C20H24FN3O3/c1-14(2)8-9-18(25)24-13-19(26)23-12-15-5-4-10-22-20(15)27-17-7-3-6-16(21)11-17/h3-7,10-11,14H,8-9,12-13H2,1-2H3,(H,23,26)(H,24,25). The molecule has 2 amide bonds. The molecule has 7 heteroatoms. The number of pyridine rings is 1. The largest absolute Gasteiger partial charge is 0.439 e. The third-order valence-electron chi connectivity index (χ3n) is 3.73. The lowest BCUT2D eigenvalue weighted by Gasteiger charge is -2.11. The molecule has 1 heterocycles. The zero-order valence-electron chi connectivity index (χ0n) is 15.5. The summed E-state index contributed by atoms with van der Waals surface area (Å²) < 4.78 is 18.9. The van der Waals surface area contributed by atoms with E-state index in [-0.39, 0.29) is 30.8 Å². The Labute approximate surface area is 158 Å². The van der Waals surface area contributed by atoms with Crippen LogP contribution in [0.1, 0.15) is 32.3 Å². The Kier molecular flexibility index (Phi) is 7.73. The highest BCUT2D eigenvalue weighted by Gasteiger charge is 2.10. The van der Waals surface area contributed by atoms with Crippen molar-refractivity contribution in [3.05, 3.63) is 54.0 Å². The first-order chi connectivity index (χ1) is 12.9. The summed E-state index contributed by atoms with van der Waals surface area (Å²) in [6.45, 7) is 4.17. The van der Waals surface area contributed by atoms with Crippen molar-refractivity contribution in [2.75, 3.05) is 6.54 Å². The molecule has 0 radical (unpaired) electrons. The van der Waals surface area contributed by atoms with Crippen LogP contribution in [0.5, 0.6) is 11.6 Å². The van der Waals surface area contributed by atoms with E-state index in [1.54, 1.807) is 24.4 Å². The summed E-state index contributed by atoms with van der Waals surface area (Å²) in [5.41, 5.74) is 0.640. The van der Waals surface area contributed by atoms with E-state index < -0.39 is 5.82 Å². The van der Waals surface area contributed by atoms with Crippen molar-refractivity contribution in [2.24, 2.45) is 5.92 Å². The van der Waals surface area contributed by atoms with E-state index in [1.807, 2.05) is 13.8 Å². The van der Waals surface area contributed by atoms with Crippen LogP contribution in [-0.4, -0.2) is 23.3 Å². The number of aromatic nitrogens is 1. The van der Waals surface area contributed by atoms with Crippen LogP contribution in [0.25, 0.3) is 0 Å². The zero-order valence-corrected chi connectivity index (χ0v) is 15.5. The second-order valence-corrected chi connectivity index (χ2v) is 6.51. The van der Waals surface area contributed by atoms with Gasteiger partial charge in [-0.1, -0.05) is 26.0 Å². The fourth-order valence-corrected chi connectivity index (χ4v) is 2.24. The quantitative estimate of drug-likeness (QED) is 0.707. The Balaban J connectivity index is 1.85. The van der Waals surface area contributed by atoms with Crippen molar-refractivity contribution >= 4 is 11.8 Å². The number of hydrogen-bond acceptors (Lipinski definition) is 4. The summed E-state index contributed by atoms with van der Waals surface area (Å²) in [6, 6.07) is 9.20. The van der Waals surface area contributed by atoms with E-state index in [1.165, 1.54) is 18.2 Å². The fraction of sp³-hybridized carbons (Fsp3) is 0.350. The Hall–Kier alpha value is -2.96. The van der Waals surface area contributed by atoms with Crippen LogP contribution in [0.3, 0.4) is 0 Å². The molecule has 0 saturated carbocycles.